The summed E-state index contributed by atoms with van der Waals surface area (Å²) in [6, 6.07) is 20.4. The van der Waals surface area contributed by atoms with Crippen LogP contribution < -0.4 is 0 Å². The maximum Gasteiger partial charge on any atom is 0.148 e. The minimum absolute atomic E-state index is 0.113. The molecular weight excluding hydrogens is 272 g/mol. The van der Waals surface area contributed by atoms with E-state index in [1.54, 1.807) is 0 Å². The van der Waals surface area contributed by atoms with Crippen LogP contribution in [-0.2, 0) is 10.0 Å². The molecule has 2 heteroatoms. The fraction of sp³-hybridized carbons (Fsp3) is 0.263. The van der Waals surface area contributed by atoms with Gasteiger partial charge < -0.3 is 4.43 Å². The lowest BCUT2D eigenvalue weighted by atomic mass is 9.72. The van der Waals surface area contributed by atoms with Crippen molar-refractivity contribution in [2.45, 2.75) is 26.4 Å². The molecule has 2 aromatic carbocycles. The summed E-state index contributed by atoms with van der Waals surface area (Å²) in [5, 5.41) is 0. The Balaban J connectivity index is 2.55. The van der Waals surface area contributed by atoms with Crippen LogP contribution in [0.5, 0.6) is 0 Å². The van der Waals surface area contributed by atoms with E-state index in [0.717, 1.165) is 11.1 Å². The molecule has 0 saturated heterocycles. The van der Waals surface area contributed by atoms with Crippen molar-refractivity contribution in [1.29, 1.82) is 0 Å². The topological polar surface area (TPSA) is 9.23 Å². The summed E-state index contributed by atoms with van der Waals surface area (Å²) < 4.78 is 6.08. The Morgan fingerprint density at radius 3 is 1.86 bits per heavy atom. The zero-order valence-corrected chi connectivity index (χ0v) is 15.2. The zero-order valence-electron chi connectivity index (χ0n) is 13.2. The first-order valence-corrected chi connectivity index (χ1v) is 8.00. The summed E-state index contributed by atoms with van der Waals surface area (Å²) in [4.78, 5) is 0. The Hall–Kier alpha value is -1.82. The molecule has 21 heavy (non-hydrogen) atoms. The normalized spacial score (nSPS) is 14.0. The molecule has 108 valence electrons. The molecular formula is C19H22OSi. The highest BCUT2D eigenvalue weighted by Gasteiger charge is 2.42. The van der Waals surface area contributed by atoms with Crippen molar-refractivity contribution in [3.8, 4) is 11.8 Å². The van der Waals surface area contributed by atoms with Crippen molar-refractivity contribution in [2.75, 3.05) is 0 Å². The molecule has 0 bridgehead atoms. The molecule has 1 nitrogen and oxygen atoms in total. The van der Waals surface area contributed by atoms with E-state index < -0.39 is 5.60 Å². The van der Waals surface area contributed by atoms with Crippen LogP contribution in [0.1, 0.15) is 31.9 Å². The lowest BCUT2D eigenvalue weighted by Gasteiger charge is -2.40. The van der Waals surface area contributed by atoms with E-state index >= 15 is 0 Å². The van der Waals surface area contributed by atoms with Gasteiger partial charge in [-0.3, -0.25) is 0 Å². The number of hydrogen-bond donors (Lipinski definition) is 0. The first-order valence-electron chi connectivity index (χ1n) is 7.18. The lowest BCUT2D eigenvalue weighted by Crippen LogP contribution is -2.41. The average molecular weight is 294 g/mol. The van der Waals surface area contributed by atoms with Gasteiger partial charge >= 0.3 is 0 Å². The highest BCUT2D eigenvalue weighted by Crippen LogP contribution is 2.41. The van der Waals surface area contributed by atoms with Crippen molar-refractivity contribution in [1.82, 2.24) is 0 Å². The van der Waals surface area contributed by atoms with Crippen molar-refractivity contribution >= 4 is 10.5 Å². The molecule has 0 aliphatic heterocycles. The van der Waals surface area contributed by atoms with E-state index in [2.05, 4.69) is 44.7 Å². The number of benzene rings is 2. The van der Waals surface area contributed by atoms with Crippen molar-refractivity contribution in [3.63, 3.8) is 0 Å². The predicted octanol–water partition coefficient (Wildman–Crippen LogP) is 3.28. The third kappa shape index (κ3) is 3.26. The van der Waals surface area contributed by atoms with Crippen molar-refractivity contribution in [2.24, 2.45) is 5.41 Å². The summed E-state index contributed by atoms with van der Waals surface area (Å²) in [5.41, 5.74) is 1.45. The van der Waals surface area contributed by atoms with Crippen LogP contribution in [0.4, 0.5) is 0 Å². The Bertz CT molecular complexity index is 632. The molecule has 0 aliphatic rings. The smallest absolute Gasteiger partial charge is 0.148 e. The molecule has 0 radical (unpaired) electrons. The predicted molar refractivity (Wildman–Crippen MR) is 91.9 cm³/mol. The molecule has 2 rings (SSSR count). The second-order valence-electron chi connectivity index (χ2n) is 6.12. The van der Waals surface area contributed by atoms with E-state index in [4.69, 9.17) is 4.43 Å². The van der Waals surface area contributed by atoms with Crippen LogP contribution in [0.3, 0.4) is 0 Å². The first-order chi connectivity index (χ1) is 9.99. The Labute approximate surface area is 130 Å². The lowest BCUT2D eigenvalue weighted by molar-refractivity contribution is 0.0243. The molecule has 1 atom stereocenters. The molecule has 0 heterocycles. The fourth-order valence-corrected chi connectivity index (χ4v) is 3.47. The highest BCUT2D eigenvalue weighted by molar-refractivity contribution is 5.98. The molecule has 2 aromatic rings. The van der Waals surface area contributed by atoms with Gasteiger partial charge in [-0.05, 0) is 17.7 Å². The van der Waals surface area contributed by atoms with Crippen LogP contribution in [0.15, 0.2) is 60.7 Å². The number of rotatable bonds is 2. The SMILES string of the molecule is CC(C)(C)C(C#Cc1ccccc1)(O[SiH3])c1ccccc1. The van der Waals surface area contributed by atoms with E-state index in [-0.39, 0.29) is 5.41 Å². The maximum atomic E-state index is 6.08. The van der Waals surface area contributed by atoms with Crippen LogP contribution in [-0.4, -0.2) is 10.5 Å². The minimum atomic E-state index is -0.573. The summed E-state index contributed by atoms with van der Waals surface area (Å²) in [6.07, 6.45) is 0. The molecule has 0 fully saturated rings. The summed E-state index contributed by atoms with van der Waals surface area (Å²) >= 11 is 0. The summed E-state index contributed by atoms with van der Waals surface area (Å²) in [7, 11) is 0.636. The third-order valence-electron chi connectivity index (χ3n) is 3.70. The molecule has 0 aromatic heterocycles. The Morgan fingerprint density at radius 2 is 1.38 bits per heavy atom. The molecule has 1 unspecified atom stereocenters. The molecule has 0 N–H and O–H groups in total. The van der Waals surface area contributed by atoms with Gasteiger partial charge in [0.15, 0.2) is 0 Å². The second-order valence-corrected chi connectivity index (χ2v) is 6.53. The quantitative estimate of drug-likeness (QED) is 0.610. The maximum absolute atomic E-state index is 6.08. The minimum Gasteiger partial charge on any atom is -0.408 e. The third-order valence-corrected chi connectivity index (χ3v) is 4.31. The monoisotopic (exact) mass is 294 g/mol. The van der Waals surface area contributed by atoms with Gasteiger partial charge in [-0.15, -0.1) is 0 Å². The van der Waals surface area contributed by atoms with E-state index in [9.17, 15) is 0 Å². The van der Waals surface area contributed by atoms with Gasteiger partial charge in [0.05, 0.1) is 0 Å². The van der Waals surface area contributed by atoms with Crippen LogP contribution in [0.25, 0.3) is 0 Å². The van der Waals surface area contributed by atoms with E-state index in [1.807, 2.05) is 48.5 Å². The van der Waals surface area contributed by atoms with Gasteiger partial charge in [-0.2, -0.15) is 0 Å². The molecule has 0 amide bonds. The fourth-order valence-electron chi connectivity index (χ4n) is 2.52. The molecule has 0 saturated carbocycles. The van der Waals surface area contributed by atoms with Crippen molar-refractivity contribution in [3.05, 3.63) is 71.8 Å². The standard InChI is InChI=1S/C19H22OSi/c1-18(2,3)19(20-21,17-12-8-5-9-13-17)15-14-16-10-6-4-7-11-16/h4-13H,1-3,21H3. The van der Waals surface area contributed by atoms with E-state index in [1.165, 1.54) is 0 Å². The van der Waals surface area contributed by atoms with Gasteiger partial charge in [0.25, 0.3) is 0 Å². The van der Waals surface area contributed by atoms with Crippen molar-refractivity contribution < 1.29 is 4.43 Å². The van der Waals surface area contributed by atoms with Gasteiger partial charge in [0.2, 0.25) is 0 Å². The van der Waals surface area contributed by atoms with Crippen LogP contribution >= 0.6 is 0 Å². The van der Waals surface area contributed by atoms with Crippen LogP contribution in [0.2, 0.25) is 0 Å². The number of hydrogen-bond acceptors (Lipinski definition) is 1. The average Bonchev–Trinajstić information content (AvgIpc) is 2.49. The second kappa shape index (κ2) is 6.30. The Morgan fingerprint density at radius 1 is 0.857 bits per heavy atom. The van der Waals surface area contributed by atoms with Gasteiger partial charge in [0, 0.05) is 11.0 Å². The van der Waals surface area contributed by atoms with Crippen LogP contribution in [0, 0.1) is 17.3 Å². The first kappa shape index (κ1) is 15.6. The zero-order chi connectivity index (χ0) is 15.3. The Kier molecular flexibility index (Phi) is 4.67. The van der Waals surface area contributed by atoms with Gasteiger partial charge in [-0.25, -0.2) is 0 Å². The van der Waals surface area contributed by atoms with E-state index in [0.29, 0.717) is 10.5 Å². The summed E-state index contributed by atoms with van der Waals surface area (Å²) in [6.45, 7) is 6.53. The highest BCUT2D eigenvalue weighted by atomic mass is 28.2. The van der Waals surface area contributed by atoms with Gasteiger partial charge in [-0.1, -0.05) is 81.1 Å². The molecule has 0 aliphatic carbocycles. The molecule has 0 spiro atoms. The largest absolute Gasteiger partial charge is 0.408 e. The summed E-state index contributed by atoms with van der Waals surface area (Å²) in [5.74, 6) is 6.71. The van der Waals surface area contributed by atoms with Gasteiger partial charge in [0.1, 0.15) is 16.1 Å².